The number of ether oxygens (including phenoxy) is 2. The van der Waals surface area contributed by atoms with E-state index in [2.05, 4.69) is 10.3 Å². The molecule has 1 fully saturated rings. The van der Waals surface area contributed by atoms with Crippen molar-refractivity contribution in [2.75, 3.05) is 26.8 Å². The van der Waals surface area contributed by atoms with Crippen LogP contribution >= 0.6 is 0 Å². The molecule has 4 heteroatoms. The van der Waals surface area contributed by atoms with Crippen molar-refractivity contribution in [3.8, 4) is 5.75 Å². The molecule has 1 N–H and O–H groups in total. The van der Waals surface area contributed by atoms with E-state index < -0.39 is 0 Å². The van der Waals surface area contributed by atoms with Gasteiger partial charge in [0.2, 0.25) is 0 Å². The second-order valence-electron chi connectivity index (χ2n) is 4.87. The fourth-order valence-corrected chi connectivity index (χ4v) is 2.29. The second-order valence-corrected chi connectivity index (χ2v) is 4.87. The molecule has 1 aliphatic rings. The molecule has 0 bridgehead atoms. The van der Waals surface area contributed by atoms with Gasteiger partial charge in [-0.1, -0.05) is 0 Å². The van der Waals surface area contributed by atoms with Gasteiger partial charge in [-0.3, -0.25) is 4.98 Å². The first-order valence-electron chi connectivity index (χ1n) is 6.58. The summed E-state index contributed by atoms with van der Waals surface area (Å²) in [6.07, 6.45) is 2.52. The van der Waals surface area contributed by atoms with Crippen molar-refractivity contribution < 1.29 is 9.47 Å². The van der Waals surface area contributed by atoms with Crippen molar-refractivity contribution >= 4 is 0 Å². The number of aromatic nitrogens is 1. The number of nitrogens with one attached hydrogen (secondary N) is 1. The van der Waals surface area contributed by atoms with Crippen LogP contribution in [0.5, 0.6) is 5.75 Å². The number of hydrogen-bond donors (Lipinski definition) is 1. The number of piperidine rings is 1. The van der Waals surface area contributed by atoms with Crippen molar-refractivity contribution in [1.82, 2.24) is 10.3 Å². The van der Waals surface area contributed by atoms with Crippen molar-refractivity contribution in [3.05, 3.63) is 23.5 Å². The Morgan fingerprint density at radius 3 is 3.06 bits per heavy atom. The van der Waals surface area contributed by atoms with Gasteiger partial charge in [0, 0.05) is 24.4 Å². The van der Waals surface area contributed by atoms with Gasteiger partial charge in [0.1, 0.15) is 5.75 Å². The minimum absolute atomic E-state index is 0.564. The van der Waals surface area contributed by atoms with Crippen LogP contribution in [0.15, 0.2) is 12.1 Å². The highest BCUT2D eigenvalue weighted by Crippen LogP contribution is 2.15. The average molecular weight is 250 g/mol. The second kappa shape index (κ2) is 6.71. The van der Waals surface area contributed by atoms with Crippen LogP contribution < -0.4 is 10.1 Å². The number of pyridine rings is 1. The third kappa shape index (κ3) is 3.96. The first-order valence-corrected chi connectivity index (χ1v) is 6.58. The smallest absolute Gasteiger partial charge is 0.122 e. The van der Waals surface area contributed by atoms with E-state index in [-0.39, 0.29) is 0 Å². The molecule has 1 atom stereocenters. The van der Waals surface area contributed by atoms with E-state index in [1.54, 1.807) is 7.11 Å². The van der Waals surface area contributed by atoms with Crippen LogP contribution in [0, 0.1) is 12.8 Å². The van der Waals surface area contributed by atoms with E-state index in [0.717, 1.165) is 36.8 Å². The van der Waals surface area contributed by atoms with E-state index in [9.17, 15) is 0 Å². The summed E-state index contributed by atoms with van der Waals surface area (Å²) >= 11 is 0. The Morgan fingerprint density at radius 2 is 2.33 bits per heavy atom. The van der Waals surface area contributed by atoms with Gasteiger partial charge in [-0.25, -0.2) is 0 Å². The van der Waals surface area contributed by atoms with Gasteiger partial charge in [0.25, 0.3) is 0 Å². The highest BCUT2D eigenvalue weighted by molar-refractivity contribution is 5.26. The van der Waals surface area contributed by atoms with Crippen LogP contribution in [0.1, 0.15) is 24.2 Å². The minimum Gasteiger partial charge on any atom is -0.497 e. The first kappa shape index (κ1) is 13.3. The lowest BCUT2D eigenvalue weighted by atomic mass is 10.0. The normalized spacial score (nSPS) is 19.8. The zero-order valence-corrected chi connectivity index (χ0v) is 11.2. The maximum Gasteiger partial charge on any atom is 0.122 e. The first-order chi connectivity index (χ1) is 8.78. The van der Waals surface area contributed by atoms with Crippen molar-refractivity contribution in [2.45, 2.75) is 26.4 Å². The SMILES string of the molecule is COc1cc(C)nc(COCC2CCCNC2)c1. The number of aryl methyl sites for hydroxylation is 1. The molecular weight excluding hydrogens is 228 g/mol. The van der Waals surface area contributed by atoms with Crippen LogP contribution in [-0.2, 0) is 11.3 Å². The largest absolute Gasteiger partial charge is 0.497 e. The summed E-state index contributed by atoms with van der Waals surface area (Å²) in [5.74, 6) is 1.49. The van der Waals surface area contributed by atoms with E-state index >= 15 is 0 Å². The van der Waals surface area contributed by atoms with Gasteiger partial charge in [-0.05, 0) is 32.2 Å². The Hall–Kier alpha value is -1.13. The molecule has 2 heterocycles. The van der Waals surface area contributed by atoms with E-state index in [0.29, 0.717) is 12.5 Å². The van der Waals surface area contributed by atoms with E-state index in [4.69, 9.17) is 9.47 Å². The van der Waals surface area contributed by atoms with Crippen LogP contribution in [0.3, 0.4) is 0 Å². The number of methoxy groups -OCH3 is 1. The third-order valence-electron chi connectivity index (χ3n) is 3.22. The van der Waals surface area contributed by atoms with Gasteiger partial charge < -0.3 is 14.8 Å². The Morgan fingerprint density at radius 1 is 1.44 bits per heavy atom. The highest BCUT2D eigenvalue weighted by atomic mass is 16.5. The fourth-order valence-electron chi connectivity index (χ4n) is 2.29. The lowest BCUT2D eigenvalue weighted by Gasteiger charge is -2.22. The molecule has 1 aliphatic heterocycles. The Labute approximate surface area is 109 Å². The molecule has 2 rings (SSSR count). The molecule has 0 radical (unpaired) electrons. The number of rotatable bonds is 5. The molecule has 0 amide bonds. The standard InChI is InChI=1S/C14H22N2O2/c1-11-6-14(17-2)7-13(16-11)10-18-9-12-4-3-5-15-8-12/h6-7,12,15H,3-5,8-10H2,1-2H3. The quantitative estimate of drug-likeness (QED) is 0.867. The van der Waals surface area contributed by atoms with Crippen molar-refractivity contribution in [2.24, 2.45) is 5.92 Å². The van der Waals surface area contributed by atoms with Gasteiger partial charge in [-0.2, -0.15) is 0 Å². The molecule has 0 saturated carbocycles. The Balaban J connectivity index is 1.80. The molecule has 18 heavy (non-hydrogen) atoms. The molecule has 0 spiro atoms. The predicted molar refractivity (Wildman–Crippen MR) is 70.8 cm³/mol. The topological polar surface area (TPSA) is 43.4 Å². The zero-order valence-electron chi connectivity index (χ0n) is 11.2. The average Bonchev–Trinajstić information content (AvgIpc) is 2.39. The Kier molecular flexibility index (Phi) is 4.96. The lowest BCUT2D eigenvalue weighted by molar-refractivity contribution is 0.0761. The van der Waals surface area contributed by atoms with Crippen LogP contribution in [-0.4, -0.2) is 31.8 Å². The molecule has 1 saturated heterocycles. The summed E-state index contributed by atoms with van der Waals surface area (Å²) in [5.41, 5.74) is 1.91. The number of nitrogens with zero attached hydrogens (tertiary/aromatic N) is 1. The molecule has 0 aromatic carbocycles. The highest BCUT2D eigenvalue weighted by Gasteiger charge is 2.13. The van der Waals surface area contributed by atoms with Gasteiger partial charge in [0.05, 0.1) is 26.0 Å². The molecule has 4 nitrogen and oxygen atoms in total. The molecule has 100 valence electrons. The number of hydrogen-bond acceptors (Lipinski definition) is 4. The van der Waals surface area contributed by atoms with Crippen LogP contribution in [0.2, 0.25) is 0 Å². The predicted octanol–water partition coefficient (Wildman–Crippen LogP) is 1.91. The summed E-state index contributed by atoms with van der Waals surface area (Å²) in [5, 5.41) is 3.40. The van der Waals surface area contributed by atoms with Crippen molar-refractivity contribution in [3.63, 3.8) is 0 Å². The summed E-state index contributed by atoms with van der Waals surface area (Å²) in [6.45, 7) is 5.56. The molecule has 1 unspecified atom stereocenters. The fraction of sp³-hybridized carbons (Fsp3) is 0.643. The monoisotopic (exact) mass is 250 g/mol. The molecule has 1 aromatic rings. The molecule has 1 aromatic heterocycles. The maximum absolute atomic E-state index is 5.76. The third-order valence-corrected chi connectivity index (χ3v) is 3.22. The maximum atomic E-state index is 5.76. The summed E-state index contributed by atoms with van der Waals surface area (Å²) in [4.78, 5) is 4.44. The van der Waals surface area contributed by atoms with E-state index in [1.165, 1.54) is 12.8 Å². The molecular formula is C14H22N2O2. The van der Waals surface area contributed by atoms with Crippen LogP contribution in [0.25, 0.3) is 0 Å². The summed E-state index contributed by atoms with van der Waals surface area (Å²) in [7, 11) is 1.67. The van der Waals surface area contributed by atoms with Gasteiger partial charge in [-0.15, -0.1) is 0 Å². The molecule has 0 aliphatic carbocycles. The van der Waals surface area contributed by atoms with Gasteiger partial charge in [0.15, 0.2) is 0 Å². The zero-order chi connectivity index (χ0) is 12.8. The lowest BCUT2D eigenvalue weighted by Crippen LogP contribution is -2.32. The summed E-state index contributed by atoms with van der Waals surface area (Å²) < 4.78 is 11.0. The van der Waals surface area contributed by atoms with E-state index in [1.807, 2.05) is 19.1 Å². The van der Waals surface area contributed by atoms with Gasteiger partial charge >= 0.3 is 0 Å². The minimum atomic E-state index is 0.564. The van der Waals surface area contributed by atoms with Crippen molar-refractivity contribution in [1.29, 1.82) is 0 Å². The Bertz CT molecular complexity index is 376. The summed E-state index contributed by atoms with van der Waals surface area (Å²) in [6, 6.07) is 3.86. The van der Waals surface area contributed by atoms with Crippen LogP contribution in [0.4, 0.5) is 0 Å².